The molecule has 1 aromatic heterocycles. The second-order valence-corrected chi connectivity index (χ2v) is 7.01. The van der Waals surface area contributed by atoms with E-state index in [1.54, 1.807) is 0 Å². The molecular weight excluding hydrogens is 274 g/mol. The number of amides is 1. The summed E-state index contributed by atoms with van der Waals surface area (Å²) in [5, 5.41) is 4.61. The molecule has 4 heteroatoms. The number of nitrogens with zero attached hydrogens (tertiary/aromatic N) is 3. The van der Waals surface area contributed by atoms with Crippen molar-refractivity contribution in [2.45, 2.75) is 77.8 Å². The highest BCUT2D eigenvalue weighted by molar-refractivity contribution is 5.93. The van der Waals surface area contributed by atoms with E-state index in [2.05, 4.69) is 23.8 Å². The molecule has 4 nitrogen and oxygen atoms in total. The number of hydrogen-bond acceptors (Lipinski definition) is 2. The summed E-state index contributed by atoms with van der Waals surface area (Å²) in [6, 6.07) is 2.80. The molecule has 2 fully saturated rings. The predicted octanol–water partition coefficient (Wildman–Crippen LogP) is 3.96. The Morgan fingerprint density at radius 3 is 2.73 bits per heavy atom. The van der Waals surface area contributed by atoms with Crippen LogP contribution in [-0.2, 0) is 0 Å². The minimum absolute atomic E-state index is 0.204. The van der Waals surface area contributed by atoms with Crippen molar-refractivity contribution in [3.05, 3.63) is 17.5 Å². The van der Waals surface area contributed by atoms with Gasteiger partial charge in [-0.15, -0.1) is 0 Å². The van der Waals surface area contributed by atoms with Crippen molar-refractivity contribution in [2.75, 3.05) is 6.54 Å². The van der Waals surface area contributed by atoms with E-state index in [0.29, 0.717) is 12.1 Å². The Kier molecular flexibility index (Phi) is 4.55. The van der Waals surface area contributed by atoms with Gasteiger partial charge in [-0.1, -0.05) is 33.1 Å². The zero-order chi connectivity index (χ0) is 15.7. The van der Waals surface area contributed by atoms with Crippen LogP contribution in [0.25, 0.3) is 0 Å². The van der Waals surface area contributed by atoms with Gasteiger partial charge in [-0.05, 0) is 44.6 Å². The third kappa shape index (κ3) is 2.68. The molecule has 2 aliphatic rings. The summed E-state index contributed by atoms with van der Waals surface area (Å²) in [4.78, 5) is 15.1. The molecule has 22 heavy (non-hydrogen) atoms. The van der Waals surface area contributed by atoms with Gasteiger partial charge in [-0.3, -0.25) is 9.48 Å². The summed E-state index contributed by atoms with van der Waals surface area (Å²) in [5.41, 5.74) is 1.75. The summed E-state index contributed by atoms with van der Waals surface area (Å²) in [7, 11) is 0. The highest BCUT2D eigenvalue weighted by Gasteiger charge is 2.42. The van der Waals surface area contributed by atoms with Crippen molar-refractivity contribution >= 4 is 5.91 Å². The van der Waals surface area contributed by atoms with Crippen LogP contribution in [-0.4, -0.2) is 33.2 Å². The molecule has 1 saturated heterocycles. The fourth-order valence-electron chi connectivity index (χ4n) is 4.21. The van der Waals surface area contributed by atoms with Crippen molar-refractivity contribution in [3.8, 4) is 0 Å². The molecule has 1 aliphatic heterocycles. The lowest BCUT2D eigenvalue weighted by atomic mass is 9.84. The van der Waals surface area contributed by atoms with Gasteiger partial charge < -0.3 is 4.90 Å². The van der Waals surface area contributed by atoms with Crippen LogP contribution in [0.2, 0.25) is 0 Å². The van der Waals surface area contributed by atoms with Crippen molar-refractivity contribution < 1.29 is 4.79 Å². The molecule has 0 unspecified atom stereocenters. The Hall–Kier alpha value is -1.32. The Balaban J connectivity index is 1.81. The second kappa shape index (κ2) is 6.43. The number of carbonyl (C=O) groups excluding carboxylic acids is 1. The fraction of sp³-hybridized carbons (Fsp3) is 0.778. The van der Waals surface area contributed by atoms with Gasteiger partial charge in [0.25, 0.3) is 5.91 Å². The third-order valence-corrected chi connectivity index (χ3v) is 5.58. The molecule has 3 rings (SSSR count). The van der Waals surface area contributed by atoms with E-state index in [1.807, 2.05) is 17.7 Å². The van der Waals surface area contributed by atoms with Gasteiger partial charge in [0, 0.05) is 12.6 Å². The number of aryl methyl sites for hydroxylation is 1. The van der Waals surface area contributed by atoms with E-state index >= 15 is 0 Å². The maximum atomic E-state index is 13.0. The first-order valence-corrected chi connectivity index (χ1v) is 9.02. The Morgan fingerprint density at radius 2 is 2.00 bits per heavy atom. The molecule has 0 radical (unpaired) electrons. The number of fused-ring (bicyclic) bond motifs is 1. The van der Waals surface area contributed by atoms with Crippen LogP contribution >= 0.6 is 0 Å². The van der Waals surface area contributed by atoms with Gasteiger partial charge in [-0.25, -0.2) is 0 Å². The van der Waals surface area contributed by atoms with E-state index in [9.17, 15) is 4.79 Å². The van der Waals surface area contributed by atoms with Gasteiger partial charge in [0.15, 0.2) is 0 Å². The molecule has 0 bridgehead atoms. The highest BCUT2D eigenvalue weighted by Crippen LogP contribution is 2.37. The van der Waals surface area contributed by atoms with E-state index in [0.717, 1.165) is 36.7 Å². The minimum atomic E-state index is 0.204. The molecule has 122 valence electrons. The van der Waals surface area contributed by atoms with E-state index in [-0.39, 0.29) is 5.91 Å². The minimum Gasteiger partial charge on any atom is -0.334 e. The molecule has 0 spiro atoms. The molecule has 0 N–H and O–H groups in total. The summed E-state index contributed by atoms with van der Waals surface area (Å²) in [6.07, 6.45) is 8.48. The molecule has 0 aromatic carbocycles. The molecule has 1 aromatic rings. The molecular formula is C18H29N3O. The average Bonchev–Trinajstić information content (AvgIpc) is 2.77. The Labute approximate surface area is 133 Å². The van der Waals surface area contributed by atoms with Crippen LogP contribution in [0.15, 0.2) is 6.07 Å². The van der Waals surface area contributed by atoms with E-state index in [4.69, 9.17) is 0 Å². The molecule has 2 heterocycles. The fourth-order valence-corrected chi connectivity index (χ4v) is 4.21. The van der Waals surface area contributed by atoms with Crippen molar-refractivity contribution in [1.29, 1.82) is 0 Å². The SMILES string of the molecule is CCC(CC)n1nc(C)cc1C(=O)N1C[C@H]2CCCCC[C@H]21. The summed E-state index contributed by atoms with van der Waals surface area (Å²) >= 11 is 0. The normalized spacial score (nSPS) is 24.8. The first-order chi connectivity index (χ1) is 10.7. The monoisotopic (exact) mass is 303 g/mol. The third-order valence-electron chi connectivity index (χ3n) is 5.58. The Bertz CT molecular complexity index is 532. The number of carbonyl (C=O) groups is 1. The molecule has 2 atom stereocenters. The van der Waals surface area contributed by atoms with Crippen LogP contribution in [0.3, 0.4) is 0 Å². The largest absolute Gasteiger partial charge is 0.334 e. The Morgan fingerprint density at radius 1 is 1.27 bits per heavy atom. The number of rotatable bonds is 4. The summed E-state index contributed by atoms with van der Waals surface area (Å²) in [5.74, 6) is 0.952. The smallest absolute Gasteiger partial charge is 0.272 e. The lowest BCUT2D eigenvalue weighted by Crippen LogP contribution is -2.58. The zero-order valence-electron chi connectivity index (χ0n) is 14.2. The first kappa shape index (κ1) is 15.6. The zero-order valence-corrected chi connectivity index (χ0v) is 14.2. The van der Waals surface area contributed by atoms with Gasteiger partial charge in [0.05, 0.1) is 11.7 Å². The maximum Gasteiger partial charge on any atom is 0.272 e. The number of hydrogen-bond donors (Lipinski definition) is 0. The summed E-state index contributed by atoms with van der Waals surface area (Å²) < 4.78 is 1.99. The maximum absolute atomic E-state index is 13.0. The van der Waals surface area contributed by atoms with Crippen LogP contribution < -0.4 is 0 Å². The topological polar surface area (TPSA) is 38.1 Å². The number of aromatic nitrogens is 2. The van der Waals surface area contributed by atoms with Crippen molar-refractivity contribution in [1.82, 2.24) is 14.7 Å². The summed E-state index contributed by atoms with van der Waals surface area (Å²) in [6.45, 7) is 7.28. The predicted molar refractivity (Wildman–Crippen MR) is 88.0 cm³/mol. The quantitative estimate of drug-likeness (QED) is 0.844. The molecule has 1 saturated carbocycles. The van der Waals surface area contributed by atoms with Gasteiger partial charge in [0.1, 0.15) is 5.69 Å². The van der Waals surface area contributed by atoms with Crippen LogP contribution in [0, 0.1) is 12.8 Å². The number of likely N-dealkylation sites (tertiary alicyclic amines) is 1. The van der Waals surface area contributed by atoms with Gasteiger partial charge in [-0.2, -0.15) is 5.10 Å². The van der Waals surface area contributed by atoms with Gasteiger partial charge >= 0.3 is 0 Å². The van der Waals surface area contributed by atoms with Crippen LogP contribution in [0.1, 0.15) is 81.0 Å². The van der Waals surface area contributed by atoms with Crippen LogP contribution in [0.5, 0.6) is 0 Å². The standard InChI is InChI=1S/C18H29N3O/c1-4-15(5-2)21-17(11-13(3)19-21)18(22)20-12-14-9-7-6-8-10-16(14)20/h11,14-16H,4-10,12H2,1-3H3/t14-,16-/m1/s1. The first-order valence-electron chi connectivity index (χ1n) is 9.02. The molecule has 1 amide bonds. The molecule has 1 aliphatic carbocycles. The van der Waals surface area contributed by atoms with E-state index < -0.39 is 0 Å². The van der Waals surface area contributed by atoms with E-state index in [1.165, 1.54) is 32.1 Å². The second-order valence-electron chi connectivity index (χ2n) is 7.01. The van der Waals surface area contributed by atoms with Gasteiger partial charge in [0.2, 0.25) is 0 Å². The lowest BCUT2D eigenvalue weighted by Gasteiger charge is -2.47. The van der Waals surface area contributed by atoms with Crippen molar-refractivity contribution in [3.63, 3.8) is 0 Å². The highest BCUT2D eigenvalue weighted by atomic mass is 16.2. The lowest BCUT2D eigenvalue weighted by molar-refractivity contribution is 0.0110. The average molecular weight is 303 g/mol. The van der Waals surface area contributed by atoms with Crippen LogP contribution in [0.4, 0.5) is 0 Å². The van der Waals surface area contributed by atoms with Crippen molar-refractivity contribution in [2.24, 2.45) is 5.92 Å².